The fourth-order valence-corrected chi connectivity index (χ4v) is 1.06. The third kappa shape index (κ3) is 8.43. The Morgan fingerprint density at radius 1 is 1.18 bits per heavy atom. The van der Waals surface area contributed by atoms with Crippen LogP contribution in [0.1, 0.15) is 0 Å². The molecule has 0 radical (unpaired) electrons. The van der Waals surface area contributed by atoms with E-state index in [0.29, 0.717) is 0 Å². The van der Waals surface area contributed by atoms with Gasteiger partial charge in [0.05, 0.1) is 19.8 Å². The highest BCUT2D eigenvalue weighted by atomic mass is 16.5. The Balaban J connectivity index is 3.70. The number of nitrogens with zero attached hydrogens (tertiary/aromatic N) is 1. The summed E-state index contributed by atoms with van der Waals surface area (Å²) in [5.74, 6) is -1.07. The number of aliphatic carboxylic acids is 1. The average Bonchev–Trinajstić information content (AvgIpc) is 2.27. The van der Waals surface area contributed by atoms with Crippen LogP contribution in [-0.4, -0.2) is 78.3 Å². The monoisotopic (exact) mass is 250 g/mol. The highest BCUT2D eigenvalue weighted by molar-refractivity contribution is 5.74. The summed E-state index contributed by atoms with van der Waals surface area (Å²) in [5, 5.41) is 28.1. The van der Waals surface area contributed by atoms with E-state index in [-0.39, 0.29) is 39.5 Å². The van der Waals surface area contributed by atoms with Gasteiger partial charge in [-0.2, -0.15) is 0 Å². The molecule has 0 unspecified atom stereocenters. The molecular weight excluding hydrogens is 232 g/mol. The number of aliphatic hydroxyl groups excluding tert-OH is 2. The van der Waals surface area contributed by atoms with E-state index in [1.807, 2.05) is 0 Å². The zero-order chi connectivity index (χ0) is 13.1. The van der Waals surface area contributed by atoms with Gasteiger partial charge in [-0.1, -0.05) is 0 Å². The van der Waals surface area contributed by atoms with Gasteiger partial charge in [0.15, 0.2) is 0 Å². The number of carboxylic acids is 1. The van der Waals surface area contributed by atoms with Crippen molar-refractivity contribution in [2.24, 2.45) is 0 Å². The molecule has 17 heavy (non-hydrogen) atoms. The maximum atomic E-state index is 11.4. The SMILES string of the molecule is O=C(O)COCCNC(=O)N(CCO)CCO. The van der Waals surface area contributed by atoms with E-state index in [1.165, 1.54) is 4.90 Å². The van der Waals surface area contributed by atoms with Crippen LogP contribution in [0, 0.1) is 0 Å². The predicted molar refractivity (Wildman–Crippen MR) is 57.6 cm³/mol. The van der Waals surface area contributed by atoms with Crippen molar-refractivity contribution in [3.05, 3.63) is 0 Å². The fourth-order valence-electron chi connectivity index (χ4n) is 1.06. The molecule has 4 N–H and O–H groups in total. The Morgan fingerprint density at radius 2 is 1.76 bits per heavy atom. The fraction of sp³-hybridized carbons (Fsp3) is 0.778. The number of nitrogens with one attached hydrogen (secondary N) is 1. The predicted octanol–water partition coefficient (Wildman–Crippen LogP) is -1.92. The van der Waals surface area contributed by atoms with E-state index >= 15 is 0 Å². The Morgan fingerprint density at radius 3 is 2.24 bits per heavy atom. The number of aliphatic hydroxyl groups is 2. The van der Waals surface area contributed by atoms with Crippen molar-refractivity contribution in [2.45, 2.75) is 0 Å². The van der Waals surface area contributed by atoms with Crippen LogP contribution >= 0.6 is 0 Å². The first-order valence-electron chi connectivity index (χ1n) is 5.15. The zero-order valence-electron chi connectivity index (χ0n) is 9.46. The minimum atomic E-state index is -1.07. The quantitative estimate of drug-likeness (QED) is 0.354. The molecule has 8 heteroatoms. The van der Waals surface area contributed by atoms with Gasteiger partial charge in [0.1, 0.15) is 6.61 Å². The number of carbonyl (C=O) groups is 2. The number of carbonyl (C=O) groups excluding carboxylic acids is 1. The summed E-state index contributed by atoms with van der Waals surface area (Å²) in [4.78, 5) is 22.8. The second kappa shape index (κ2) is 9.82. The van der Waals surface area contributed by atoms with Gasteiger partial charge in [-0.05, 0) is 0 Å². The number of hydrogen-bond acceptors (Lipinski definition) is 5. The van der Waals surface area contributed by atoms with Crippen LogP contribution in [-0.2, 0) is 9.53 Å². The largest absolute Gasteiger partial charge is 0.480 e. The number of amides is 2. The van der Waals surface area contributed by atoms with E-state index < -0.39 is 18.6 Å². The third-order valence-corrected chi connectivity index (χ3v) is 1.78. The molecule has 0 aromatic carbocycles. The van der Waals surface area contributed by atoms with E-state index in [9.17, 15) is 9.59 Å². The first-order valence-corrected chi connectivity index (χ1v) is 5.15. The summed E-state index contributed by atoms with van der Waals surface area (Å²) in [6.07, 6.45) is 0. The van der Waals surface area contributed by atoms with E-state index in [4.69, 9.17) is 20.1 Å². The van der Waals surface area contributed by atoms with Crippen LogP contribution in [0.3, 0.4) is 0 Å². The number of carboxylic acid groups (broad SMARTS) is 1. The maximum absolute atomic E-state index is 11.4. The summed E-state index contributed by atoms with van der Waals surface area (Å²) < 4.78 is 4.71. The van der Waals surface area contributed by atoms with Crippen molar-refractivity contribution < 1.29 is 29.6 Å². The van der Waals surface area contributed by atoms with Crippen LogP contribution in [0.25, 0.3) is 0 Å². The summed E-state index contributed by atoms with van der Waals surface area (Å²) in [6.45, 7) is -0.285. The lowest BCUT2D eigenvalue weighted by Crippen LogP contribution is -2.44. The summed E-state index contributed by atoms with van der Waals surface area (Å²) in [6, 6.07) is -0.438. The molecule has 0 aromatic heterocycles. The van der Waals surface area contributed by atoms with Crippen molar-refractivity contribution in [1.82, 2.24) is 10.2 Å². The Kier molecular flexibility index (Phi) is 9.02. The van der Waals surface area contributed by atoms with Gasteiger partial charge in [-0.25, -0.2) is 9.59 Å². The normalized spacial score (nSPS) is 10.0. The summed E-state index contributed by atoms with van der Waals surface area (Å²) in [7, 11) is 0. The molecule has 0 saturated carbocycles. The number of ether oxygens (including phenoxy) is 1. The van der Waals surface area contributed by atoms with Gasteiger partial charge in [-0.3, -0.25) is 0 Å². The van der Waals surface area contributed by atoms with Crippen LogP contribution in [0.4, 0.5) is 4.79 Å². The Bertz CT molecular complexity index is 230. The lowest BCUT2D eigenvalue weighted by molar-refractivity contribution is -0.142. The first kappa shape index (κ1) is 15.6. The molecule has 0 aromatic rings. The molecule has 0 bridgehead atoms. The van der Waals surface area contributed by atoms with Crippen molar-refractivity contribution in [1.29, 1.82) is 0 Å². The second-order valence-electron chi connectivity index (χ2n) is 3.11. The van der Waals surface area contributed by atoms with Crippen LogP contribution < -0.4 is 5.32 Å². The lowest BCUT2D eigenvalue weighted by atomic mass is 10.5. The van der Waals surface area contributed by atoms with Crippen molar-refractivity contribution in [3.63, 3.8) is 0 Å². The van der Waals surface area contributed by atoms with Gasteiger partial charge < -0.3 is 30.3 Å². The third-order valence-electron chi connectivity index (χ3n) is 1.78. The standard InChI is InChI=1S/C9H18N2O6/c12-4-2-11(3-5-13)9(16)10-1-6-17-7-8(14)15/h12-13H,1-7H2,(H,10,16)(H,14,15). The number of hydrogen-bond donors (Lipinski definition) is 4. The van der Waals surface area contributed by atoms with E-state index in [0.717, 1.165) is 0 Å². The topological polar surface area (TPSA) is 119 Å². The van der Waals surface area contributed by atoms with Crippen LogP contribution in [0.15, 0.2) is 0 Å². The molecule has 0 aliphatic rings. The van der Waals surface area contributed by atoms with Gasteiger partial charge in [0.2, 0.25) is 0 Å². The van der Waals surface area contributed by atoms with Gasteiger partial charge in [0.25, 0.3) is 0 Å². The molecule has 0 spiro atoms. The summed E-state index contributed by atoms with van der Waals surface area (Å²) in [5.41, 5.74) is 0. The van der Waals surface area contributed by atoms with Crippen molar-refractivity contribution in [2.75, 3.05) is 46.1 Å². The highest BCUT2D eigenvalue weighted by Gasteiger charge is 2.11. The minimum Gasteiger partial charge on any atom is -0.480 e. The van der Waals surface area contributed by atoms with Gasteiger partial charge in [-0.15, -0.1) is 0 Å². The van der Waals surface area contributed by atoms with Gasteiger partial charge in [0, 0.05) is 19.6 Å². The molecule has 8 nitrogen and oxygen atoms in total. The highest BCUT2D eigenvalue weighted by Crippen LogP contribution is 1.88. The molecule has 2 amide bonds. The smallest absolute Gasteiger partial charge is 0.329 e. The molecule has 0 aliphatic carbocycles. The zero-order valence-corrected chi connectivity index (χ0v) is 9.46. The molecule has 0 heterocycles. The molecular formula is C9H18N2O6. The Labute approximate surface area is 98.8 Å². The van der Waals surface area contributed by atoms with Crippen LogP contribution in [0.2, 0.25) is 0 Å². The Hall–Kier alpha value is -1.38. The van der Waals surface area contributed by atoms with Gasteiger partial charge >= 0.3 is 12.0 Å². The number of rotatable bonds is 9. The average molecular weight is 250 g/mol. The molecule has 0 saturated heterocycles. The maximum Gasteiger partial charge on any atom is 0.329 e. The molecule has 0 atom stereocenters. The first-order chi connectivity index (χ1) is 8.11. The molecule has 0 aliphatic heterocycles. The molecule has 0 rings (SSSR count). The van der Waals surface area contributed by atoms with E-state index in [2.05, 4.69) is 5.32 Å². The minimum absolute atomic E-state index is 0.0874. The number of urea groups is 1. The molecule has 0 fully saturated rings. The van der Waals surface area contributed by atoms with E-state index in [1.54, 1.807) is 0 Å². The second-order valence-corrected chi connectivity index (χ2v) is 3.11. The van der Waals surface area contributed by atoms with Crippen LogP contribution in [0.5, 0.6) is 0 Å². The summed E-state index contributed by atoms with van der Waals surface area (Å²) >= 11 is 0. The lowest BCUT2D eigenvalue weighted by Gasteiger charge is -2.20. The van der Waals surface area contributed by atoms with Crippen molar-refractivity contribution in [3.8, 4) is 0 Å². The molecule has 100 valence electrons. The van der Waals surface area contributed by atoms with Crippen molar-refractivity contribution >= 4 is 12.0 Å².